The van der Waals surface area contributed by atoms with E-state index in [0.29, 0.717) is 24.4 Å². The Morgan fingerprint density at radius 2 is 1.93 bits per heavy atom. The Hall–Kier alpha value is -1.87. The summed E-state index contributed by atoms with van der Waals surface area (Å²) in [5, 5.41) is 2.59. The van der Waals surface area contributed by atoms with E-state index in [1.807, 2.05) is 0 Å². The van der Waals surface area contributed by atoms with Gasteiger partial charge in [-0.2, -0.15) is 13.2 Å². The van der Waals surface area contributed by atoms with Crippen molar-refractivity contribution in [3.63, 3.8) is 0 Å². The molecule has 1 saturated heterocycles. The van der Waals surface area contributed by atoms with Crippen molar-refractivity contribution in [3.05, 3.63) is 29.6 Å². The SMILES string of the molecule is CN1CCN(CCN(C(=O)Nc2ccc(F)c(C(F)(F)F)c2)C2CCC3CC32)CC1. The Morgan fingerprint density at radius 1 is 1.20 bits per heavy atom. The number of hydrogen-bond donors (Lipinski definition) is 1. The molecule has 30 heavy (non-hydrogen) atoms. The van der Waals surface area contributed by atoms with E-state index in [1.54, 1.807) is 4.90 Å². The number of likely N-dealkylation sites (N-methyl/N-ethyl adjacent to an activating group) is 1. The maximum atomic E-state index is 13.6. The molecule has 0 aromatic heterocycles. The van der Waals surface area contributed by atoms with Crippen LogP contribution >= 0.6 is 0 Å². The summed E-state index contributed by atoms with van der Waals surface area (Å²) in [6.45, 7) is 5.13. The average Bonchev–Trinajstić information content (AvgIpc) is 3.36. The Balaban J connectivity index is 1.44. The van der Waals surface area contributed by atoms with Crippen molar-refractivity contribution >= 4 is 11.7 Å². The zero-order chi connectivity index (χ0) is 21.5. The van der Waals surface area contributed by atoms with E-state index in [2.05, 4.69) is 22.2 Å². The molecule has 2 amide bonds. The van der Waals surface area contributed by atoms with Crippen molar-refractivity contribution < 1.29 is 22.4 Å². The number of rotatable bonds is 5. The molecule has 1 aromatic carbocycles. The van der Waals surface area contributed by atoms with E-state index in [9.17, 15) is 22.4 Å². The molecule has 3 unspecified atom stereocenters. The molecular formula is C21H28F4N4O. The first-order chi connectivity index (χ1) is 14.2. The lowest BCUT2D eigenvalue weighted by Gasteiger charge is -2.36. The molecule has 0 bridgehead atoms. The number of amides is 2. The average molecular weight is 428 g/mol. The standard InChI is InChI=1S/C21H28F4N4O/c1-27-6-8-28(9-7-27)10-11-29(19-5-2-14-12-16(14)19)20(30)26-15-3-4-18(22)17(13-15)21(23,24)25/h3-4,13-14,16,19H,2,5-12H2,1H3,(H,26,30). The minimum absolute atomic E-state index is 0.0383. The topological polar surface area (TPSA) is 38.8 Å². The fourth-order valence-corrected chi connectivity index (χ4v) is 4.81. The Kier molecular flexibility index (Phi) is 5.94. The van der Waals surface area contributed by atoms with Gasteiger partial charge >= 0.3 is 12.2 Å². The van der Waals surface area contributed by atoms with Gasteiger partial charge in [0.2, 0.25) is 0 Å². The lowest BCUT2D eigenvalue weighted by atomic mass is 10.1. The van der Waals surface area contributed by atoms with Crippen LogP contribution in [0.15, 0.2) is 18.2 Å². The number of urea groups is 1. The van der Waals surface area contributed by atoms with Gasteiger partial charge in [-0.3, -0.25) is 4.90 Å². The smallest absolute Gasteiger partial charge is 0.320 e. The van der Waals surface area contributed by atoms with Gasteiger partial charge in [0.25, 0.3) is 0 Å². The van der Waals surface area contributed by atoms with E-state index < -0.39 is 23.6 Å². The summed E-state index contributed by atoms with van der Waals surface area (Å²) < 4.78 is 52.6. The second-order valence-electron chi connectivity index (χ2n) is 8.77. The minimum atomic E-state index is -4.81. The van der Waals surface area contributed by atoms with Crippen LogP contribution in [0.3, 0.4) is 0 Å². The van der Waals surface area contributed by atoms with Gasteiger partial charge in [-0.1, -0.05) is 0 Å². The fraction of sp³-hybridized carbons (Fsp3) is 0.667. The second kappa shape index (κ2) is 8.34. The van der Waals surface area contributed by atoms with Crippen LogP contribution < -0.4 is 5.32 Å². The molecule has 1 aliphatic heterocycles. The van der Waals surface area contributed by atoms with Gasteiger partial charge in [0, 0.05) is 51.0 Å². The van der Waals surface area contributed by atoms with Crippen molar-refractivity contribution in [2.45, 2.75) is 31.5 Å². The summed E-state index contributed by atoms with van der Waals surface area (Å²) in [6.07, 6.45) is -1.65. The van der Waals surface area contributed by atoms with Crippen molar-refractivity contribution in [1.82, 2.24) is 14.7 Å². The predicted octanol–water partition coefficient (Wildman–Crippen LogP) is 3.72. The molecule has 0 radical (unpaired) electrons. The molecule has 166 valence electrons. The largest absolute Gasteiger partial charge is 0.419 e. The van der Waals surface area contributed by atoms with Gasteiger partial charge in [0.05, 0.1) is 5.56 Å². The van der Waals surface area contributed by atoms with Crippen molar-refractivity contribution in [1.29, 1.82) is 0 Å². The number of piperazine rings is 1. The number of nitrogens with zero attached hydrogens (tertiary/aromatic N) is 3. The fourth-order valence-electron chi connectivity index (χ4n) is 4.81. The second-order valence-corrected chi connectivity index (χ2v) is 8.77. The number of carbonyl (C=O) groups is 1. The maximum absolute atomic E-state index is 13.6. The van der Waals surface area contributed by atoms with Crippen molar-refractivity contribution in [3.8, 4) is 0 Å². The van der Waals surface area contributed by atoms with Crippen LogP contribution in [0.5, 0.6) is 0 Å². The molecule has 5 nitrogen and oxygen atoms in total. The normalized spacial score (nSPS) is 27.0. The Labute approximate surface area is 174 Å². The maximum Gasteiger partial charge on any atom is 0.419 e. The van der Waals surface area contributed by atoms with Crippen LogP contribution in [0.25, 0.3) is 0 Å². The molecule has 1 aromatic rings. The molecule has 0 spiro atoms. The van der Waals surface area contributed by atoms with Gasteiger partial charge in [-0.15, -0.1) is 0 Å². The predicted molar refractivity (Wildman–Crippen MR) is 106 cm³/mol. The van der Waals surface area contributed by atoms with E-state index in [4.69, 9.17) is 0 Å². The molecule has 2 saturated carbocycles. The van der Waals surface area contributed by atoms with Crippen LogP contribution in [0.1, 0.15) is 24.8 Å². The third kappa shape index (κ3) is 4.72. The van der Waals surface area contributed by atoms with Crippen LogP contribution in [-0.2, 0) is 6.18 Å². The molecule has 1 N–H and O–H groups in total. The zero-order valence-electron chi connectivity index (χ0n) is 17.1. The molecular weight excluding hydrogens is 400 g/mol. The first-order valence-corrected chi connectivity index (χ1v) is 10.6. The van der Waals surface area contributed by atoms with E-state index >= 15 is 0 Å². The highest BCUT2D eigenvalue weighted by molar-refractivity contribution is 5.89. The van der Waals surface area contributed by atoms with E-state index in [1.165, 1.54) is 6.07 Å². The first-order valence-electron chi connectivity index (χ1n) is 10.6. The number of benzene rings is 1. The molecule has 3 fully saturated rings. The highest BCUT2D eigenvalue weighted by Gasteiger charge is 2.51. The quantitative estimate of drug-likeness (QED) is 0.727. The lowest BCUT2D eigenvalue weighted by Crippen LogP contribution is -2.50. The number of halogens is 4. The number of carbonyl (C=O) groups excluding carboxylic acids is 1. The van der Waals surface area contributed by atoms with Crippen LogP contribution in [0.2, 0.25) is 0 Å². The molecule has 2 aliphatic carbocycles. The number of alkyl halides is 3. The van der Waals surface area contributed by atoms with E-state index in [0.717, 1.165) is 58.1 Å². The van der Waals surface area contributed by atoms with Gasteiger partial charge in [0.1, 0.15) is 5.82 Å². The Bertz CT molecular complexity index is 779. The Morgan fingerprint density at radius 3 is 2.53 bits per heavy atom. The third-order valence-corrected chi connectivity index (χ3v) is 6.74. The van der Waals surface area contributed by atoms with Gasteiger partial charge in [0.15, 0.2) is 0 Å². The monoisotopic (exact) mass is 428 g/mol. The van der Waals surface area contributed by atoms with Crippen LogP contribution in [0, 0.1) is 17.7 Å². The number of anilines is 1. The molecule has 3 atom stereocenters. The summed E-state index contributed by atoms with van der Waals surface area (Å²) >= 11 is 0. The lowest BCUT2D eigenvalue weighted by molar-refractivity contribution is -0.139. The summed E-state index contributed by atoms with van der Waals surface area (Å²) in [4.78, 5) is 19.4. The molecule has 3 aliphatic rings. The number of nitrogens with one attached hydrogen (secondary N) is 1. The minimum Gasteiger partial charge on any atom is -0.320 e. The highest BCUT2D eigenvalue weighted by Crippen LogP contribution is 2.53. The third-order valence-electron chi connectivity index (χ3n) is 6.74. The van der Waals surface area contributed by atoms with Crippen molar-refractivity contribution in [2.75, 3.05) is 51.6 Å². The molecule has 1 heterocycles. The van der Waals surface area contributed by atoms with Crippen LogP contribution in [0.4, 0.5) is 28.0 Å². The summed E-state index contributed by atoms with van der Waals surface area (Å²) in [6, 6.07) is 2.32. The van der Waals surface area contributed by atoms with Crippen LogP contribution in [-0.4, -0.2) is 73.1 Å². The first kappa shape index (κ1) is 21.4. The van der Waals surface area contributed by atoms with Gasteiger partial charge in [-0.25, -0.2) is 9.18 Å². The highest BCUT2D eigenvalue weighted by atomic mass is 19.4. The number of hydrogen-bond acceptors (Lipinski definition) is 3. The molecule has 4 rings (SSSR count). The van der Waals surface area contributed by atoms with Gasteiger partial charge < -0.3 is 15.1 Å². The number of fused-ring (bicyclic) bond motifs is 1. The van der Waals surface area contributed by atoms with Gasteiger partial charge in [-0.05, 0) is 56.3 Å². The summed E-state index contributed by atoms with van der Waals surface area (Å²) in [7, 11) is 2.08. The molecule has 9 heteroatoms. The summed E-state index contributed by atoms with van der Waals surface area (Å²) in [5.41, 5.74) is -1.41. The summed E-state index contributed by atoms with van der Waals surface area (Å²) in [5.74, 6) is -0.164. The van der Waals surface area contributed by atoms with Crippen molar-refractivity contribution in [2.24, 2.45) is 11.8 Å². The van der Waals surface area contributed by atoms with E-state index in [-0.39, 0.29) is 11.7 Å². The zero-order valence-corrected chi connectivity index (χ0v) is 17.1.